The fourth-order valence-electron chi connectivity index (χ4n) is 3.83. The number of primary amides is 1. The highest BCUT2D eigenvalue weighted by molar-refractivity contribution is 8.08. The molecule has 2 aliphatic rings. The minimum Gasteiger partial charge on any atom is -0.386 e. The van der Waals surface area contributed by atoms with E-state index in [-0.39, 0.29) is 39.8 Å². The van der Waals surface area contributed by atoms with Gasteiger partial charge >= 0.3 is 0 Å². The first-order chi connectivity index (χ1) is 15.4. The van der Waals surface area contributed by atoms with Crippen molar-refractivity contribution >= 4 is 28.5 Å². The molecule has 0 radical (unpaired) electrons. The fraction of sp³-hybridized carbons (Fsp3) is 0.391. The van der Waals surface area contributed by atoms with Gasteiger partial charge in [0.2, 0.25) is 11.8 Å². The summed E-state index contributed by atoms with van der Waals surface area (Å²) in [7, 11) is 1.73. The van der Waals surface area contributed by atoms with Crippen LogP contribution in [0.3, 0.4) is 0 Å². The van der Waals surface area contributed by atoms with Gasteiger partial charge in [-0.1, -0.05) is 12.2 Å². The van der Waals surface area contributed by atoms with E-state index in [1.54, 1.807) is 18.0 Å². The van der Waals surface area contributed by atoms with E-state index in [9.17, 15) is 19.1 Å². The average molecular weight is 479 g/mol. The van der Waals surface area contributed by atoms with E-state index in [2.05, 4.69) is 10.6 Å². The zero-order valence-corrected chi connectivity index (χ0v) is 19.8. The topological polar surface area (TPSA) is 108 Å². The molecule has 33 heavy (non-hydrogen) atoms. The van der Waals surface area contributed by atoms with Gasteiger partial charge in [0.15, 0.2) is 0 Å². The molecule has 2 aliphatic heterocycles. The number of aliphatic hydroxyl groups is 1. The Labute approximate surface area is 195 Å². The molecule has 1 fully saturated rings. The van der Waals surface area contributed by atoms with Crippen LogP contribution in [0.25, 0.3) is 4.91 Å². The van der Waals surface area contributed by atoms with E-state index in [0.29, 0.717) is 12.4 Å². The van der Waals surface area contributed by atoms with Crippen LogP contribution in [0.4, 0.5) is 8.78 Å². The highest BCUT2D eigenvalue weighted by Crippen LogP contribution is 2.36. The molecule has 1 unspecified atom stereocenters. The first-order valence-corrected chi connectivity index (χ1v) is 11.4. The lowest BCUT2D eigenvalue weighted by atomic mass is 9.91. The number of nitrogens with two attached hydrogens (primary N) is 1. The van der Waals surface area contributed by atoms with Crippen LogP contribution in [-0.2, 0) is 15.2 Å². The molecule has 2 heterocycles. The lowest BCUT2D eigenvalue weighted by Crippen LogP contribution is -2.42. The number of benzene rings is 1. The van der Waals surface area contributed by atoms with Gasteiger partial charge < -0.3 is 26.4 Å². The Bertz CT molecular complexity index is 1080. The van der Waals surface area contributed by atoms with Gasteiger partial charge in [-0.25, -0.2) is 8.78 Å². The number of halogens is 2. The molecule has 0 aliphatic carbocycles. The summed E-state index contributed by atoms with van der Waals surface area (Å²) in [5.74, 6) is -1.52. The van der Waals surface area contributed by atoms with Crippen molar-refractivity contribution in [2.45, 2.75) is 38.8 Å². The van der Waals surface area contributed by atoms with Gasteiger partial charge in [0.05, 0.1) is 17.0 Å². The Balaban J connectivity index is 1.80. The smallest absolute Gasteiger partial charge is 0.249 e. The molecule has 5 N–H and O–H groups in total. The third kappa shape index (κ3) is 5.39. The normalized spacial score (nSPS) is 18.5. The van der Waals surface area contributed by atoms with Gasteiger partial charge in [-0.2, -0.15) is 0 Å². The van der Waals surface area contributed by atoms with Crippen LogP contribution in [0.2, 0.25) is 0 Å². The quantitative estimate of drug-likeness (QED) is 0.427. The number of hydrogen-bond donors (Lipinski definition) is 4. The van der Waals surface area contributed by atoms with Crippen LogP contribution in [0.15, 0.2) is 35.7 Å². The van der Waals surface area contributed by atoms with Gasteiger partial charge in [-0.05, 0) is 49.6 Å². The molecule has 1 saturated heterocycles. The van der Waals surface area contributed by atoms with E-state index in [1.165, 1.54) is 26.8 Å². The number of carbonyl (C=O) groups excluding carboxylic acids is 2. The van der Waals surface area contributed by atoms with E-state index >= 15 is 4.39 Å². The molecule has 7 nitrogen and oxygen atoms in total. The SMILES string of the molecule is Cc1c(C(C)(C)O)cc(F)c(/C(=C/CC(N)=O)SCNC2=CC=C3CN(C)C(=O)C3N2)c1F. The summed E-state index contributed by atoms with van der Waals surface area (Å²) in [6.07, 6.45) is 4.87. The lowest BCUT2D eigenvalue weighted by molar-refractivity contribution is -0.128. The minimum absolute atomic E-state index is 0.0325. The fourth-order valence-corrected chi connectivity index (χ4v) is 4.74. The molecule has 1 atom stereocenters. The van der Waals surface area contributed by atoms with E-state index in [1.807, 2.05) is 6.08 Å². The van der Waals surface area contributed by atoms with Crippen LogP contribution in [0, 0.1) is 18.6 Å². The third-order valence-electron chi connectivity index (χ3n) is 5.52. The maximum atomic E-state index is 15.2. The number of likely N-dealkylation sites (N-methyl/N-ethyl adjacent to an activating group) is 1. The van der Waals surface area contributed by atoms with Crippen LogP contribution in [0.1, 0.15) is 37.0 Å². The van der Waals surface area contributed by atoms with Crippen molar-refractivity contribution in [3.63, 3.8) is 0 Å². The second-order valence-corrected chi connectivity index (χ2v) is 9.59. The number of nitrogens with zero attached hydrogens (tertiary/aromatic N) is 1. The van der Waals surface area contributed by atoms with Gasteiger partial charge in [-0.3, -0.25) is 9.59 Å². The molecule has 10 heteroatoms. The molecule has 0 aromatic heterocycles. The van der Waals surface area contributed by atoms with Crippen molar-refractivity contribution in [3.05, 3.63) is 64.0 Å². The Kier molecular flexibility index (Phi) is 7.18. The maximum Gasteiger partial charge on any atom is 0.249 e. The monoisotopic (exact) mass is 478 g/mol. The van der Waals surface area contributed by atoms with Crippen molar-refractivity contribution in [1.82, 2.24) is 15.5 Å². The second kappa shape index (κ2) is 9.56. The summed E-state index contributed by atoms with van der Waals surface area (Å²) >= 11 is 1.09. The first kappa shape index (κ1) is 24.8. The number of dihydropyridines is 1. The van der Waals surface area contributed by atoms with Gasteiger partial charge in [0.25, 0.3) is 0 Å². The summed E-state index contributed by atoms with van der Waals surface area (Å²) in [6.45, 7) is 4.94. The standard InChI is InChI=1S/C23H28F2N4O3S/c1-12-14(23(2,3)32)9-15(24)19(20(12)25)16(6-7-17(26)30)33-11-27-18-8-5-13-10-29(4)22(31)21(13)28-18/h5-6,8-9,21,27-28,32H,7,10-11H2,1-4H3,(H2,26,30)/b16-6-. The number of hydrogen-bond acceptors (Lipinski definition) is 6. The Morgan fingerprint density at radius 2 is 2.12 bits per heavy atom. The number of nitrogens with one attached hydrogen (secondary N) is 2. The largest absolute Gasteiger partial charge is 0.386 e. The molecule has 0 saturated carbocycles. The Morgan fingerprint density at radius 3 is 2.76 bits per heavy atom. The molecule has 1 aromatic rings. The van der Waals surface area contributed by atoms with Crippen molar-refractivity contribution in [1.29, 1.82) is 0 Å². The van der Waals surface area contributed by atoms with Gasteiger partial charge in [0.1, 0.15) is 23.5 Å². The number of likely N-dealkylation sites (tertiary alicyclic amines) is 1. The number of carbonyl (C=O) groups is 2. The molecule has 1 aromatic carbocycles. The molecule has 2 amide bonds. The summed E-state index contributed by atoms with van der Waals surface area (Å²) in [5, 5.41) is 16.5. The number of amides is 2. The second-order valence-electron chi connectivity index (χ2n) is 8.58. The zero-order valence-electron chi connectivity index (χ0n) is 19.0. The summed E-state index contributed by atoms with van der Waals surface area (Å²) in [4.78, 5) is 25.4. The van der Waals surface area contributed by atoms with E-state index in [0.717, 1.165) is 23.4 Å². The van der Waals surface area contributed by atoms with Crippen LogP contribution < -0.4 is 16.4 Å². The summed E-state index contributed by atoms with van der Waals surface area (Å²) in [5.41, 5.74) is 4.76. The highest BCUT2D eigenvalue weighted by Gasteiger charge is 2.35. The van der Waals surface area contributed by atoms with Crippen molar-refractivity contribution in [3.8, 4) is 0 Å². The lowest BCUT2D eigenvalue weighted by Gasteiger charge is -2.23. The van der Waals surface area contributed by atoms with Crippen LogP contribution in [-0.4, -0.2) is 47.3 Å². The predicted molar refractivity (Wildman–Crippen MR) is 124 cm³/mol. The average Bonchev–Trinajstić information content (AvgIpc) is 3.01. The number of allylic oxidation sites excluding steroid dienone is 2. The van der Waals surface area contributed by atoms with Crippen LogP contribution in [0.5, 0.6) is 0 Å². The summed E-state index contributed by atoms with van der Waals surface area (Å²) < 4.78 is 30.2. The van der Waals surface area contributed by atoms with Gasteiger partial charge in [-0.15, -0.1) is 11.8 Å². The van der Waals surface area contributed by atoms with Crippen molar-refractivity contribution in [2.24, 2.45) is 5.73 Å². The zero-order chi connectivity index (χ0) is 24.5. The Morgan fingerprint density at radius 1 is 1.42 bits per heavy atom. The predicted octanol–water partition coefficient (Wildman–Crippen LogP) is 2.21. The van der Waals surface area contributed by atoms with Crippen molar-refractivity contribution in [2.75, 3.05) is 19.5 Å². The van der Waals surface area contributed by atoms with Gasteiger partial charge in [0, 0.05) is 24.9 Å². The van der Waals surface area contributed by atoms with E-state index < -0.39 is 29.2 Å². The Hall–Kier alpha value is -2.85. The molecular weight excluding hydrogens is 450 g/mol. The first-order valence-electron chi connectivity index (χ1n) is 10.4. The molecule has 178 valence electrons. The molecular formula is C23H28F2N4O3S. The maximum absolute atomic E-state index is 15.2. The molecule has 3 rings (SSSR count). The number of fused-ring (bicyclic) bond motifs is 1. The van der Waals surface area contributed by atoms with E-state index in [4.69, 9.17) is 5.73 Å². The summed E-state index contributed by atoms with van der Waals surface area (Å²) in [6, 6.07) is 0.684. The third-order valence-corrected chi connectivity index (χ3v) is 6.50. The highest BCUT2D eigenvalue weighted by atomic mass is 32.2. The number of thioether (sulfide) groups is 1. The van der Waals surface area contributed by atoms with Crippen molar-refractivity contribution < 1.29 is 23.5 Å². The number of rotatable bonds is 8. The minimum atomic E-state index is -1.42. The molecule has 0 bridgehead atoms. The van der Waals surface area contributed by atoms with Crippen LogP contribution >= 0.6 is 11.8 Å². The molecule has 0 spiro atoms.